The van der Waals surface area contributed by atoms with Gasteiger partial charge in [0.05, 0.1) is 0 Å². The second-order valence-electron chi connectivity index (χ2n) is 3.85. The normalized spacial score (nSPS) is 10.8. The zero-order valence-corrected chi connectivity index (χ0v) is 9.42. The van der Waals surface area contributed by atoms with Crippen LogP contribution in [-0.4, -0.2) is 18.1 Å². The van der Waals surface area contributed by atoms with Gasteiger partial charge >= 0.3 is 0 Å². The molecule has 0 saturated heterocycles. The molecule has 0 radical (unpaired) electrons. The number of likely N-dealkylation sites (N-methyl/N-ethyl adjacent to an activating group) is 1. The van der Waals surface area contributed by atoms with Crippen LogP contribution in [0, 0.1) is 0 Å². The van der Waals surface area contributed by atoms with Crippen LogP contribution < -0.4 is 10.9 Å². The summed E-state index contributed by atoms with van der Waals surface area (Å²) in [5, 5.41) is 4.36. The number of aromatic amines is 1. The maximum Gasteiger partial charge on any atom is 0.248 e. The Kier molecular flexibility index (Phi) is 3.37. The molecule has 0 fully saturated rings. The molecule has 3 heteroatoms. The second kappa shape index (κ2) is 4.94. The van der Waals surface area contributed by atoms with Gasteiger partial charge in [0, 0.05) is 11.6 Å². The molecule has 2 N–H and O–H groups in total. The zero-order valence-electron chi connectivity index (χ0n) is 9.42. The first kappa shape index (κ1) is 10.9. The summed E-state index contributed by atoms with van der Waals surface area (Å²) < 4.78 is 0. The first-order chi connectivity index (χ1) is 7.79. The maximum absolute atomic E-state index is 11.2. The molecule has 1 aromatic carbocycles. The number of H-pyrrole nitrogens is 1. The van der Waals surface area contributed by atoms with E-state index >= 15 is 0 Å². The van der Waals surface area contributed by atoms with E-state index in [0.29, 0.717) is 0 Å². The fourth-order valence-electron chi connectivity index (χ4n) is 1.76. The Morgan fingerprint density at radius 3 is 2.88 bits per heavy atom. The van der Waals surface area contributed by atoms with Crippen LogP contribution in [0.3, 0.4) is 0 Å². The van der Waals surface area contributed by atoms with Crippen molar-refractivity contribution in [2.45, 2.75) is 13.3 Å². The number of benzene rings is 1. The highest BCUT2D eigenvalue weighted by Crippen LogP contribution is 2.12. The van der Waals surface area contributed by atoms with Gasteiger partial charge < -0.3 is 10.3 Å². The maximum atomic E-state index is 11.2. The minimum Gasteiger partial charge on any atom is -0.322 e. The van der Waals surface area contributed by atoms with Crippen LogP contribution in [0.4, 0.5) is 0 Å². The number of nitrogens with one attached hydrogen (secondary N) is 2. The van der Waals surface area contributed by atoms with Crippen LogP contribution >= 0.6 is 0 Å². The average Bonchev–Trinajstić information content (AvgIpc) is 2.29. The first-order valence-electron chi connectivity index (χ1n) is 5.62. The largest absolute Gasteiger partial charge is 0.322 e. The Balaban J connectivity index is 2.25. The molecule has 16 heavy (non-hydrogen) atoms. The average molecular weight is 216 g/mol. The molecule has 0 atom stereocenters. The quantitative estimate of drug-likeness (QED) is 0.764. The van der Waals surface area contributed by atoms with Gasteiger partial charge in [0.25, 0.3) is 0 Å². The van der Waals surface area contributed by atoms with Crippen molar-refractivity contribution in [1.29, 1.82) is 0 Å². The molecule has 1 aromatic heterocycles. The van der Waals surface area contributed by atoms with Gasteiger partial charge in [0.2, 0.25) is 5.56 Å². The summed E-state index contributed by atoms with van der Waals surface area (Å²) >= 11 is 0. The zero-order chi connectivity index (χ0) is 11.4. The van der Waals surface area contributed by atoms with Crippen LogP contribution in [0.2, 0.25) is 0 Å². The van der Waals surface area contributed by atoms with Crippen LogP contribution in [0.25, 0.3) is 10.9 Å². The van der Waals surface area contributed by atoms with E-state index in [1.165, 1.54) is 5.56 Å². The summed E-state index contributed by atoms with van der Waals surface area (Å²) in [7, 11) is 0. The number of rotatable bonds is 4. The van der Waals surface area contributed by atoms with Crippen molar-refractivity contribution < 1.29 is 0 Å². The van der Waals surface area contributed by atoms with E-state index in [0.717, 1.165) is 30.4 Å². The van der Waals surface area contributed by atoms with Crippen molar-refractivity contribution in [3.05, 3.63) is 46.2 Å². The molecule has 2 aromatic rings. The van der Waals surface area contributed by atoms with E-state index in [2.05, 4.69) is 23.3 Å². The van der Waals surface area contributed by atoms with Crippen LogP contribution in [-0.2, 0) is 6.42 Å². The third kappa shape index (κ3) is 2.49. The molecule has 0 saturated carbocycles. The third-order valence-electron chi connectivity index (χ3n) is 2.63. The Morgan fingerprint density at radius 2 is 2.06 bits per heavy atom. The predicted molar refractivity (Wildman–Crippen MR) is 66.8 cm³/mol. The van der Waals surface area contributed by atoms with Crippen molar-refractivity contribution in [2.24, 2.45) is 0 Å². The smallest absolute Gasteiger partial charge is 0.248 e. The lowest BCUT2D eigenvalue weighted by molar-refractivity contribution is 0.717. The van der Waals surface area contributed by atoms with Gasteiger partial charge in [-0.2, -0.15) is 0 Å². The van der Waals surface area contributed by atoms with E-state index in [4.69, 9.17) is 0 Å². The molecule has 0 aliphatic rings. The molecule has 0 bridgehead atoms. The lowest BCUT2D eigenvalue weighted by Gasteiger charge is -2.04. The molecule has 0 unspecified atom stereocenters. The van der Waals surface area contributed by atoms with Gasteiger partial charge in [-0.15, -0.1) is 0 Å². The lowest BCUT2D eigenvalue weighted by Crippen LogP contribution is -2.16. The summed E-state index contributed by atoms with van der Waals surface area (Å²) in [4.78, 5) is 14.0. The number of hydrogen-bond donors (Lipinski definition) is 2. The molecule has 3 nitrogen and oxygen atoms in total. The molecular formula is C13H16N2O. The van der Waals surface area contributed by atoms with Gasteiger partial charge in [0.15, 0.2) is 0 Å². The van der Waals surface area contributed by atoms with Crippen LogP contribution in [0.5, 0.6) is 0 Å². The van der Waals surface area contributed by atoms with Crippen molar-refractivity contribution in [1.82, 2.24) is 10.3 Å². The Hall–Kier alpha value is -1.61. The highest BCUT2D eigenvalue weighted by Gasteiger charge is 1.97. The van der Waals surface area contributed by atoms with Crippen LogP contribution in [0.15, 0.2) is 35.1 Å². The minimum absolute atomic E-state index is 0.0451. The van der Waals surface area contributed by atoms with Gasteiger partial charge in [-0.3, -0.25) is 4.79 Å². The van der Waals surface area contributed by atoms with E-state index in [9.17, 15) is 4.79 Å². The van der Waals surface area contributed by atoms with E-state index < -0.39 is 0 Å². The highest BCUT2D eigenvalue weighted by molar-refractivity contribution is 5.78. The fraction of sp³-hybridized carbons (Fsp3) is 0.308. The Morgan fingerprint density at radius 1 is 1.25 bits per heavy atom. The molecule has 0 aliphatic carbocycles. The molecule has 0 spiro atoms. The van der Waals surface area contributed by atoms with E-state index in [-0.39, 0.29) is 5.56 Å². The summed E-state index contributed by atoms with van der Waals surface area (Å²) in [5.41, 5.74) is 2.12. The SMILES string of the molecule is CCNCCc1ccc2ccc(=O)[nH]c2c1. The molecule has 2 rings (SSSR count). The highest BCUT2D eigenvalue weighted by atomic mass is 16.1. The van der Waals surface area contributed by atoms with Crippen LogP contribution in [0.1, 0.15) is 12.5 Å². The molecule has 0 amide bonds. The van der Waals surface area contributed by atoms with Crippen molar-refractivity contribution >= 4 is 10.9 Å². The topological polar surface area (TPSA) is 44.9 Å². The van der Waals surface area contributed by atoms with Crippen molar-refractivity contribution in [2.75, 3.05) is 13.1 Å². The minimum atomic E-state index is -0.0451. The predicted octanol–water partition coefficient (Wildman–Crippen LogP) is 1.68. The fourth-order valence-corrected chi connectivity index (χ4v) is 1.76. The Bertz CT molecular complexity index is 531. The summed E-state index contributed by atoms with van der Waals surface area (Å²) in [6.45, 7) is 4.06. The molecule has 0 aliphatic heterocycles. The van der Waals surface area contributed by atoms with Gasteiger partial charge in [-0.05, 0) is 42.6 Å². The molecule has 1 heterocycles. The monoisotopic (exact) mass is 216 g/mol. The number of aromatic nitrogens is 1. The molecular weight excluding hydrogens is 200 g/mol. The third-order valence-corrected chi connectivity index (χ3v) is 2.63. The Labute approximate surface area is 94.5 Å². The first-order valence-corrected chi connectivity index (χ1v) is 5.62. The van der Waals surface area contributed by atoms with Crippen molar-refractivity contribution in [3.63, 3.8) is 0 Å². The van der Waals surface area contributed by atoms with Crippen molar-refractivity contribution in [3.8, 4) is 0 Å². The van der Waals surface area contributed by atoms with Gasteiger partial charge in [-0.25, -0.2) is 0 Å². The summed E-state index contributed by atoms with van der Waals surface area (Å²) in [5.74, 6) is 0. The number of fused-ring (bicyclic) bond motifs is 1. The lowest BCUT2D eigenvalue weighted by atomic mass is 10.1. The number of pyridine rings is 1. The molecule has 84 valence electrons. The second-order valence-corrected chi connectivity index (χ2v) is 3.85. The van der Waals surface area contributed by atoms with E-state index in [1.54, 1.807) is 6.07 Å². The number of hydrogen-bond acceptors (Lipinski definition) is 2. The van der Waals surface area contributed by atoms with E-state index in [1.807, 2.05) is 18.2 Å². The summed E-state index contributed by atoms with van der Waals surface area (Å²) in [6, 6.07) is 9.61. The summed E-state index contributed by atoms with van der Waals surface area (Å²) in [6.07, 6.45) is 0.987. The van der Waals surface area contributed by atoms with Gasteiger partial charge in [0.1, 0.15) is 0 Å². The standard InChI is InChI=1S/C13H16N2O/c1-2-14-8-7-10-3-4-11-5-6-13(16)15-12(11)9-10/h3-6,9,14H,2,7-8H2,1H3,(H,15,16). The van der Waals surface area contributed by atoms with Gasteiger partial charge in [-0.1, -0.05) is 19.1 Å².